The van der Waals surface area contributed by atoms with Crippen molar-refractivity contribution in [3.8, 4) is 11.5 Å². The topological polar surface area (TPSA) is 85.7 Å². The number of aromatic nitrogens is 2. The summed E-state index contributed by atoms with van der Waals surface area (Å²) in [7, 11) is 1.83. The molecule has 6 rings (SSSR count). The van der Waals surface area contributed by atoms with Crippen LogP contribution in [0, 0.1) is 6.92 Å². The van der Waals surface area contributed by atoms with Crippen LogP contribution in [0.15, 0.2) is 72.9 Å². The van der Waals surface area contributed by atoms with E-state index in [4.69, 9.17) is 9.47 Å². The molecule has 1 fully saturated rings. The van der Waals surface area contributed by atoms with Crippen molar-refractivity contribution in [3.05, 3.63) is 84.2 Å². The molecule has 1 N–H and O–H groups in total. The summed E-state index contributed by atoms with van der Waals surface area (Å²) in [6.07, 6.45) is 6.11. The molecule has 3 aromatic carbocycles. The Balaban J connectivity index is 1.48. The van der Waals surface area contributed by atoms with Gasteiger partial charge in [0.2, 0.25) is 12.0 Å². The van der Waals surface area contributed by atoms with E-state index in [1.54, 1.807) is 15.6 Å². The lowest BCUT2D eigenvalue weighted by atomic mass is 9.94. The fraction of sp³-hybridized carbons (Fsp3) is 0.344. The second-order valence-electron chi connectivity index (χ2n) is 10.7. The summed E-state index contributed by atoms with van der Waals surface area (Å²) in [6.45, 7) is 1.92. The van der Waals surface area contributed by atoms with E-state index in [1.807, 2.05) is 80.8 Å². The second-order valence-corrected chi connectivity index (χ2v) is 10.7. The Kier molecular flexibility index (Phi) is 7.15. The molecule has 8 nitrogen and oxygen atoms in total. The highest BCUT2D eigenvalue weighted by Gasteiger charge is 2.41. The molecule has 1 aromatic heterocycles. The maximum Gasteiger partial charge on any atom is 0.272 e. The van der Waals surface area contributed by atoms with Crippen LogP contribution >= 0.6 is 0 Å². The third-order valence-electron chi connectivity index (χ3n) is 7.85. The molecule has 2 heterocycles. The molecule has 2 atom stereocenters. The number of ether oxygens (including phenoxy) is 2. The molecule has 0 bridgehead atoms. The normalized spacial score (nSPS) is 17.8. The molecule has 1 saturated carbocycles. The maximum absolute atomic E-state index is 14.6. The van der Waals surface area contributed by atoms with Gasteiger partial charge in [-0.1, -0.05) is 67.8 Å². The summed E-state index contributed by atoms with van der Waals surface area (Å²) in [6, 6.07) is 20.1. The van der Waals surface area contributed by atoms with Crippen molar-refractivity contribution < 1.29 is 19.1 Å². The lowest BCUT2D eigenvalue weighted by Crippen LogP contribution is -2.52. The lowest BCUT2D eigenvalue weighted by Gasteiger charge is -2.36. The van der Waals surface area contributed by atoms with Gasteiger partial charge >= 0.3 is 0 Å². The van der Waals surface area contributed by atoms with Crippen LogP contribution in [-0.4, -0.2) is 40.3 Å². The number of carbonyl (C=O) groups excluding carboxylic acids is 2. The fourth-order valence-corrected chi connectivity index (χ4v) is 5.91. The molecule has 0 radical (unpaired) electrons. The zero-order valence-electron chi connectivity index (χ0n) is 22.9. The van der Waals surface area contributed by atoms with Gasteiger partial charge in [-0.15, -0.1) is 0 Å². The summed E-state index contributed by atoms with van der Waals surface area (Å²) >= 11 is 0. The van der Waals surface area contributed by atoms with Crippen molar-refractivity contribution in [2.45, 2.75) is 57.2 Å². The van der Waals surface area contributed by atoms with Gasteiger partial charge in [0.05, 0.1) is 11.4 Å². The molecular weight excluding hydrogens is 504 g/mol. The Hall–Kier alpha value is -4.33. The van der Waals surface area contributed by atoms with Crippen LogP contribution in [0.5, 0.6) is 11.5 Å². The zero-order chi connectivity index (χ0) is 27.6. The molecular formula is C32H34N4O4. The van der Waals surface area contributed by atoms with Gasteiger partial charge in [-0.05, 0) is 43.4 Å². The van der Waals surface area contributed by atoms with E-state index in [1.165, 1.54) is 6.42 Å². The number of nitrogens with zero attached hydrogens (tertiary/aromatic N) is 3. The number of nitrogens with one attached hydrogen (secondary N) is 1. The molecule has 2 amide bonds. The molecule has 0 saturated heterocycles. The Bertz CT molecular complexity index is 1540. The van der Waals surface area contributed by atoms with Crippen LogP contribution in [-0.2, 0) is 16.6 Å². The molecule has 206 valence electrons. The van der Waals surface area contributed by atoms with Gasteiger partial charge in [0.15, 0.2) is 11.5 Å². The van der Waals surface area contributed by atoms with Gasteiger partial charge in [-0.2, -0.15) is 5.10 Å². The highest BCUT2D eigenvalue weighted by Crippen LogP contribution is 2.38. The van der Waals surface area contributed by atoms with Crippen LogP contribution in [0.25, 0.3) is 10.8 Å². The molecule has 8 heteroatoms. The van der Waals surface area contributed by atoms with Crippen molar-refractivity contribution in [1.82, 2.24) is 15.1 Å². The standard InChI is InChI=1S/C32H34N4O4/c1-21-25(19-35(2)34-21)30(31(37)33-23-13-4-3-5-14-23)36(26-16-10-12-22-11-6-7-15-24(22)26)32(38)29-20-39-27-17-8-9-18-28(27)40-29/h6-12,15-19,23,29-30H,3-5,13-14,20H2,1-2H3,(H,33,37)/t29-,30-/m0/s1. The van der Waals surface area contributed by atoms with E-state index in [0.717, 1.165) is 36.5 Å². The van der Waals surface area contributed by atoms with Crippen molar-refractivity contribution in [2.75, 3.05) is 11.5 Å². The van der Waals surface area contributed by atoms with Crippen molar-refractivity contribution >= 4 is 28.3 Å². The molecule has 0 spiro atoms. The molecule has 2 aliphatic rings. The summed E-state index contributed by atoms with van der Waals surface area (Å²) < 4.78 is 13.8. The van der Waals surface area contributed by atoms with E-state index in [-0.39, 0.29) is 24.5 Å². The van der Waals surface area contributed by atoms with Crippen molar-refractivity contribution in [1.29, 1.82) is 0 Å². The van der Waals surface area contributed by atoms with E-state index >= 15 is 0 Å². The number of para-hydroxylation sites is 2. The first-order valence-corrected chi connectivity index (χ1v) is 14.0. The third-order valence-corrected chi connectivity index (χ3v) is 7.85. The Morgan fingerprint density at radius 2 is 1.70 bits per heavy atom. The average molecular weight is 539 g/mol. The SMILES string of the molecule is Cc1nn(C)cc1[C@@H](C(=O)NC1CCCCC1)N(C(=O)[C@@H]1COc2ccccc2O1)c1cccc2ccccc12. The van der Waals surface area contributed by atoms with Gasteiger partial charge in [-0.3, -0.25) is 19.2 Å². The van der Waals surface area contributed by atoms with Gasteiger partial charge in [0.25, 0.3) is 5.91 Å². The van der Waals surface area contributed by atoms with Gasteiger partial charge in [0.1, 0.15) is 12.6 Å². The predicted octanol–water partition coefficient (Wildman–Crippen LogP) is 5.24. The predicted molar refractivity (Wildman–Crippen MR) is 153 cm³/mol. The minimum Gasteiger partial charge on any atom is -0.485 e. The summed E-state index contributed by atoms with van der Waals surface area (Å²) in [5.74, 6) is 0.531. The van der Waals surface area contributed by atoms with Crippen LogP contribution in [0.3, 0.4) is 0 Å². The number of fused-ring (bicyclic) bond motifs is 2. The van der Waals surface area contributed by atoms with Gasteiger partial charge < -0.3 is 14.8 Å². The minimum absolute atomic E-state index is 0.0418. The van der Waals surface area contributed by atoms with E-state index in [0.29, 0.717) is 28.4 Å². The summed E-state index contributed by atoms with van der Waals surface area (Å²) in [4.78, 5) is 30.5. The average Bonchev–Trinajstić information content (AvgIpc) is 3.32. The third kappa shape index (κ3) is 5.01. The fourth-order valence-electron chi connectivity index (χ4n) is 5.91. The number of aryl methyl sites for hydroxylation is 2. The largest absolute Gasteiger partial charge is 0.485 e. The number of anilines is 1. The molecule has 4 aromatic rings. The molecule has 1 aliphatic heterocycles. The van der Waals surface area contributed by atoms with Crippen molar-refractivity contribution in [3.63, 3.8) is 0 Å². The Morgan fingerprint density at radius 3 is 2.48 bits per heavy atom. The summed E-state index contributed by atoms with van der Waals surface area (Å²) in [5, 5.41) is 9.67. The van der Waals surface area contributed by atoms with E-state index < -0.39 is 12.1 Å². The molecule has 0 unspecified atom stereocenters. The first-order chi connectivity index (χ1) is 19.5. The maximum atomic E-state index is 14.6. The zero-order valence-corrected chi connectivity index (χ0v) is 22.9. The summed E-state index contributed by atoms with van der Waals surface area (Å²) in [5.41, 5.74) is 2.00. The highest BCUT2D eigenvalue weighted by molar-refractivity contribution is 6.09. The number of rotatable bonds is 6. The Labute approximate surface area is 233 Å². The lowest BCUT2D eigenvalue weighted by molar-refractivity contribution is -0.132. The molecule has 40 heavy (non-hydrogen) atoms. The quantitative estimate of drug-likeness (QED) is 0.363. The number of hydrogen-bond donors (Lipinski definition) is 1. The molecule has 1 aliphatic carbocycles. The number of hydrogen-bond acceptors (Lipinski definition) is 5. The smallest absolute Gasteiger partial charge is 0.272 e. The van der Waals surface area contributed by atoms with Crippen LogP contribution in [0.1, 0.15) is 49.4 Å². The van der Waals surface area contributed by atoms with Gasteiger partial charge in [0, 0.05) is 30.2 Å². The van der Waals surface area contributed by atoms with Crippen molar-refractivity contribution in [2.24, 2.45) is 7.05 Å². The first-order valence-electron chi connectivity index (χ1n) is 14.0. The monoisotopic (exact) mass is 538 g/mol. The number of amides is 2. The van der Waals surface area contributed by atoms with E-state index in [9.17, 15) is 9.59 Å². The highest BCUT2D eigenvalue weighted by atomic mass is 16.6. The number of carbonyl (C=O) groups is 2. The minimum atomic E-state index is -0.949. The van der Waals surface area contributed by atoms with Gasteiger partial charge in [-0.25, -0.2) is 0 Å². The van der Waals surface area contributed by atoms with Crippen LogP contribution in [0.4, 0.5) is 5.69 Å². The van der Waals surface area contributed by atoms with Crippen LogP contribution < -0.4 is 19.7 Å². The van der Waals surface area contributed by atoms with Crippen LogP contribution in [0.2, 0.25) is 0 Å². The first kappa shape index (κ1) is 25.9. The number of benzene rings is 3. The Morgan fingerprint density at radius 1 is 0.975 bits per heavy atom. The second kappa shape index (κ2) is 11.0. The van der Waals surface area contributed by atoms with E-state index in [2.05, 4.69) is 10.4 Å².